The molecule has 2 aromatic rings. The first-order chi connectivity index (χ1) is 10.0. The minimum atomic E-state index is -0.0893. The van der Waals surface area contributed by atoms with E-state index in [0.717, 1.165) is 11.1 Å². The van der Waals surface area contributed by atoms with Crippen LogP contribution in [-0.2, 0) is 0 Å². The van der Waals surface area contributed by atoms with Crippen molar-refractivity contribution >= 4 is 11.1 Å². The third kappa shape index (κ3) is 2.43. The number of rotatable bonds is 0. The Morgan fingerprint density at radius 3 is 1.81 bits per heavy atom. The number of aryl methyl sites for hydroxylation is 2. The molecule has 2 aromatic heterocycles. The molecule has 21 heavy (non-hydrogen) atoms. The molecular formula is C16H11N3O2. The minimum absolute atomic E-state index is 0.0893. The summed E-state index contributed by atoms with van der Waals surface area (Å²) in [4.78, 5) is 0. The smallest absolute Gasteiger partial charge is 0.173 e. The normalized spacial score (nSPS) is 13.0. The second-order valence-electron chi connectivity index (χ2n) is 4.58. The van der Waals surface area contributed by atoms with Gasteiger partial charge in [-0.3, -0.25) is 0 Å². The van der Waals surface area contributed by atoms with Crippen LogP contribution in [0.25, 0.3) is 11.1 Å². The Morgan fingerprint density at radius 1 is 0.857 bits per heavy atom. The zero-order valence-corrected chi connectivity index (χ0v) is 11.8. The maximum atomic E-state index is 8.91. The number of nitrogens with zero attached hydrogens (tertiary/aromatic N) is 3. The Morgan fingerprint density at radius 2 is 1.33 bits per heavy atom. The zero-order chi connectivity index (χ0) is 15.6. The summed E-state index contributed by atoms with van der Waals surface area (Å²) < 4.78 is 11.2. The van der Waals surface area contributed by atoms with Gasteiger partial charge in [-0.25, -0.2) is 0 Å². The van der Waals surface area contributed by atoms with E-state index in [2.05, 4.69) is 0 Å². The van der Waals surface area contributed by atoms with Crippen molar-refractivity contribution in [2.45, 2.75) is 20.8 Å². The summed E-state index contributed by atoms with van der Waals surface area (Å²) in [6.45, 7) is 5.31. The lowest BCUT2D eigenvalue weighted by atomic mass is 10.2. The van der Waals surface area contributed by atoms with Crippen LogP contribution >= 0.6 is 0 Å². The summed E-state index contributed by atoms with van der Waals surface area (Å²) >= 11 is 0. The van der Waals surface area contributed by atoms with Crippen LogP contribution in [0.5, 0.6) is 0 Å². The average Bonchev–Trinajstić information content (AvgIpc) is 3.03. The minimum Gasteiger partial charge on any atom is -0.452 e. The lowest BCUT2D eigenvalue weighted by Gasteiger charge is -1.83. The molecule has 0 aliphatic heterocycles. The number of hydrogen-bond donors (Lipinski definition) is 0. The number of hydrogen-bond acceptors (Lipinski definition) is 5. The van der Waals surface area contributed by atoms with Gasteiger partial charge in [0, 0.05) is 0 Å². The van der Waals surface area contributed by atoms with Gasteiger partial charge in [-0.15, -0.1) is 0 Å². The number of nitriles is 3. The van der Waals surface area contributed by atoms with Crippen molar-refractivity contribution in [2.24, 2.45) is 0 Å². The fourth-order valence-corrected chi connectivity index (χ4v) is 1.91. The van der Waals surface area contributed by atoms with Gasteiger partial charge in [0.2, 0.25) is 0 Å². The molecule has 0 saturated carbocycles. The van der Waals surface area contributed by atoms with Crippen molar-refractivity contribution in [1.29, 1.82) is 15.8 Å². The summed E-state index contributed by atoms with van der Waals surface area (Å²) in [6, 6.07) is 9.00. The maximum Gasteiger partial charge on any atom is 0.173 e. The van der Waals surface area contributed by atoms with Gasteiger partial charge in [-0.1, -0.05) is 0 Å². The lowest BCUT2D eigenvalue weighted by Crippen LogP contribution is -1.98. The molecule has 2 heterocycles. The average molecular weight is 277 g/mol. The van der Waals surface area contributed by atoms with Crippen molar-refractivity contribution in [1.82, 2.24) is 0 Å². The fraction of sp³-hybridized carbons (Fsp3) is 0.188. The quantitative estimate of drug-likeness (QED) is 0.729. The van der Waals surface area contributed by atoms with Gasteiger partial charge in [0.05, 0.1) is 11.6 Å². The fourth-order valence-electron chi connectivity index (χ4n) is 1.91. The molecule has 2 rings (SSSR count). The van der Waals surface area contributed by atoms with Crippen LogP contribution in [0.4, 0.5) is 0 Å². The molecule has 0 amide bonds. The largest absolute Gasteiger partial charge is 0.452 e. The van der Waals surface area contributed by atoms with E-state index in [9.17, 15) is 0 Å². The summed E-state index contributed by atoms with van der Waals surface area (Å²) in [6.07, 6.45) is 0. The maximum absolute atomic E-state index is 8.91. The van der Waals surface area contributed by atoms with Gasteiger partial charge >= 0.3 is 0 Å². The van der Waals surface area contributed by atoms with Gasteiger partial charge in [0.15, 0.2) is 21.8 Å². The molecule has 0 unspecified atom stereocenters. The topological polar surface area (TPSA) is 97.6 Å². The van der Waals surface area contributed by atoms with Crippen molar-refractivity contribution in [3.8, 4) is 18.2 Å². The lowest BCUT2D eigenvalue weighted by molar-refractivity contribution is 0.444. The van der Waals surface area contributed by atoms with Crippen LogP contribution < -0.4 is 10.8 Å². The van der Waals surface area contributed by atoms with E-state index in [4.69, 9.17) is 24.6 Å². The molecule has 0 radical (unpaired) electrons. The second kappa shape index (κ2) is 5.41. The first-order valence-electron chi connectivity index (χ1n) is 6.14. The third-order valence-electron chi connectivity index (χ3n) is 3.05. The molecule has 5 heteroatoms. The van der Waals surface area contributed by atoms with Crippen LogP contribution in [0.1, 0.15) is 18.1 Å². The summed E-state index contributed by atoms with van der Waals surface area (Å²) in [7, 11) is 0. The highest BCUT2D eigenvalue weighted by atomic mass is 16.4. The Bertz CT molecular complexity index is 1030. The molecule has 0 aliphatic carbocycles. The predicted molar refractivity (Wildman–Crippen MR) is 73.1 cm³/mol. The Balaban J connectivity index is 3.03. The third-order valence-corrected chi connectivity index (χ3v) is 3.05. The second-order valence-corrected chi connectivity index (χ2v) is 4.58. The Labute approximate surface area is 120 Å². The van der Waals surface area contributed by atoms with Gasteiger partial charge < -0.3 is 8.83 Å². The van der Waals surface area contributed by atoms with E-state index in [0.29, 0.717) is 21.8 Å². The van der Waals surface area contributed by atoms with E-state index in [1.54, 1.807) is 38.1 Å². The van der Waals surface area contributed by atoms with Gasteiger partial charge in [-0.2, -0.15) is 15.8 Å². The molecular weight excluding hydrogens is 266 g/mol. The molecule has 0 atom stereocenters. The molecule has 0 N–H and O–H groups in total. The van der Waals surface area contributed by atoms with E-state index in [1.165, 1.54) is 0 Å². The molecule has 102 valence electrons. The molecule has 0 aromatic carbocycles. The summed E-state index contributed by atoms with van der Waals surface area (Å²) in [5, 5.41) is 26.7. The predicted octanol–water partition coefficient (Wildman–Crippen LogP) is 1.67. The van der Waals surface area contributed by atoms with Crippen molar-refractivity contribution in [2.75, 3.05) is 0 Å². The van der Waals surface area contributed by atoms with Crippen molar-refractivity contribution in [3.63, 3.8) is 0 Å². The zero-order valence-electron chi connectivity index (χ0n) is 11.8. The molecule has 0 spiro atoms. The Kier molecular flexibility index (Phi) is 3.65. The van der Waals surface area contributed by atoms with Crippen LogP contribution in [0.3, 0.4) is 0 Å². The van der Waals surface area contributed by atoms with E-state index in [1.807, 2.05) is 13.0 Å². The van der Waals surface area contributed by atoms with Gasteiger partial charge in [-0.05, 0) is 44.0 Å². The standard InChI is InChI=1S/C16H11N3O2/c1-9-4-13(11(3)6-17)20-15(9)16-10(2)5-14(21-16)12(7-18)8-19/h4-5H,1-3H3/b13-11-,16-15+. The van der Waals surface area contributed by atoms with Crippen molar-refractivity contribution in [3.05, 3.63) is 44.9 Å². The highest BCUT2D eigenvalue weighted by molar-refractivity contribution is 5.71. The van der Waals surface area contributed by atoms with Crippen LogP contribution in [0.15, 0.2) is 21.0 Å². The van der Waals surface area contributed by atoms with Crippen LogP contribution in [0, 0.1) is 58.7 Å². The highest BCUT2D eigenvalue weighted by Gasteiger charge is 2.06. The van der Waals surface area contributed by atoms with E-state index in [-0.39, 0.29) is 11.0 Å². The van der Waals surface area contributed by atoms with E-state index >= 15 is 0 Å². The van der Waals surface area contributed by atoms with Crippen molar-refractivity contribution < 1.29 is 8.83 Å². The summed E-state index contributed by atoms with van der Waals surface area (Å²) in [5.74, 6) is 0. The first kappa shape index (κ1) is 14.2. The summed E-state index contributed by atoms with van der Waals surface area (Å²) in [5.41, 5.74) is 3.60. The van der Waals surface area contributed by atoms with Crippen LogP contribution in [0.2, 0.25) is 0 Å². The highest BCUT2D eigenvalue weighted by Crippen LogP contribution is 2.07. The van der Waals surface area contributed by atoms with Gasteiger partial charge in [0.1, 0.15) is 17.6 Å². The van der Waals surface area contributed by atoms with Crippen LogP contribution in [-0.4, -0.2) is 0 Å². The SMILES string of the molecule is C/C(C#N)=c1\cc(C)/c(=c2\oc(=C(C#N)C#N)cc2C)o1. The first-order valence-corrected chi connectivity index (χ1v) is 6.14. The molecule has 0 bridgehead atoms. The molecule has 0 aliphatic rings. The molecule has 0 saturated heterocycles. The molecule has 5 nitrogen and oxygen atoms in total. The van der Waals surface area contributed by atoms with E-state index < -0.39 is 0 Å². The molecule has 0 fully saturated rings. The Hall–Kier alpha value is -3.23. The number of furan rings is 2. The monoisotopic (exact) mass is 277 g/mol. The van der Waals surface area contributed by atoms with Gasteiger partial charge in [0.25, 0.3) is 0 Å².